The van der Waals surface area contributed by atoms with Gasteiger partial charge in [-0.1, -0.05) is 12.8 Å². The second-order valence-electron chi connectivity index (χ2n) is 4.55. The van der Waals surface area contributed by atoms with Crippen LogP contribution in [0.3, 0.4) is 0 Å². The molecule has 2 aliphatic heterocycles. The van der Waals surface area contributed by atoms with E-state index in [1.165, 1.54) is 44.3 Å². The average Bonchev–Trinajstić information content (AvgIpc) is 2.31. The molecule has 0 aromatic rings. The number of aliphatic hydroxyl groups excluding tert-OH is 1. The van der Waals surface area contributed by atoms with E-state index < -0.39 is 0 Å². The van der Waals surface area contributed by atoms with Gasteiger partial charge in [0.2, 0.25) is 0 Å². The summed E-state index contributed by atoms with van der Waals surface area (Å²) in [5.41, 5.74) is 0.0589. The van der Waals surface area contributed by atoms with Crippen LogP contribution in [0, 0.1) is 0 Å². The summed E-state index contributed by atoms with van der Waals surface area (Å²) in [5, 5.41) is 13.9. The first-order valence-electron chi connectivity index (χ1n) is 5.85. The molecule has 2 heterocycles. The zero-order valence-electron chi connectivity index (χ0n) is 8.80. The molecule has 0 aliphatic carbocycles. The molecule has 0 radical (unpaired) electrons. The van der Waals surface area contributed by atoms with Gasteiger partial charge in [-0.15, -0.1) is 0 Å². The lowest BCUT2D eigenvalue weighted by Crippen LogP contribution is -2.58. The summed E-state index contributed by atoms with van der Waals surface area (Å²) in [5.74, 6) is 1.29. The van der Waals surface area contributed by atoms with Gasteiger partial charge in [0.1, 0.15) is 0 Å². The fourth-order valence-corrected chi connectivity index (χ4v) is 4.26. The second-order valence-corrected chi connectivity index (χ2v) is 5.86. The summed E-state index contributed by atoms with van der Waals surface area (Å²) >= 11 is 2.07. The predicted molar refractivity (Wildman–Crippen MR) is 61.8 cm³/mol. The Morgan fingerprint density at radius 3 is 2.79 bits per heavy atom. The number of thioether (sulfide) groups is 1. The molecule has 2 rings (SSSR count). The van der Waals surface area contributed by atoms with Crippen molar-refractivity contribution in [2.75, 3.05) is 18.9 Å². The van der Waals surface area contributed by atoms with Crippen LogP contribution in [0.2, 0.25) is 0 Å². The van der Waals surface area contributed by atoms with E-state index in [0.29, 0.717) is 11.9 Å². The number of hydrogen-bond donors (Lipinski definition) is 2. The molecule has 2 saturated heterocycles. The van der Waals surface area contributed by atoms with Gasteiger partial charge in [0.15, 0.2) is 0 Å². The van der Waals surface area contributed by atoms with Gasteiger partial charge in [-0.3, -0.25) is 0 Å². The van der Waals surface area contributed by atoms with E-state index in [1.807, 2.05) is 0 Å². The monoisotopic (exact) mass is 215 g/mol. The highest BCUT2D eigenvalue weighted by atomic mass is 32.2. The first kappa shape index (κ1) is 10.8. The molecule has 0 amide bonds. The van der Waals surface area contributed by atoms with Crippen molar-refractivity contribution < 1.29 is 5.11 Å². The van der Waals surface area contributed by atoms with Crippen molar-refractivity contribution in [1.29, 1.82) is 0 Å². The van der Waals surface area contributed by atoms with Crippen molar-refractivity contribution in [3.05, 3.63) is 0 Å². The minimum Gasteiger partial charge on any atom is -0.394 e. The molecule has 0 aromatic heterocycles. The Balaban J connectivity index is 2.01. The maximum absolute atomic E-state index is 9.62. The van der Waals surface area contributed by atoms with Crippen LogP contribution in [-0.2, 0) is 0 Å². The Labute approximate surface area is 90.8 Å². The number of piperidine rings is 1. The summed E-state index contributed by atoms with van der Waals surface area (Å²) in [7, 11) is 0. The first-order valence-corrected chi connectivity index (χ1v) is 6.90. The van der Waals surface area contributed by atoms with Crippen molar-refractivity contribution in [2.24, 2.45) is 0 Å². The Bertz CT molecular complexity index is 174. The quantitative estimate of drug-likeness (QED) is 0.736. The van der Waals surface area contributed by atoms with Crippen LogP contribution in [0.1, 0.15) is 38.5 Å². The minimum absolute atomic E-state index is 0.0589. The van der Waals surface area contributed by atoms with Crippen LogP contribution in [-0.4, -0.2) is 34.8 Å². The standard InChI is InChI=1S/C11H21NOS/c13-9-11(6-2-3-7-12-11)10-5-1-4-8-14-10/h10,12-13H,1-9H2. The van der Waals surface area contributed by atoms with Gasteiger partial charge < -0.3 is 10.4 Å². The zero-order valence-corrected chi connectivity index (χ0v) is 9.61. The molecule has 2 aliphatic rings. The molecule has 2 atom stereocenters. The Morgan fingerprint density at radius 2 is 2.21 bits per heavy atom. The first-order chi connectivity index (χ1) is 6.87. The summed E-state index contributed by atoms with van der Waals surface area (Å²) in [4.78, 5) is 0. The number of nitrogens with one attached hydrogen (secondary N) is 1. The van der Waals surface area contributed by atoms with Crippen molar-refractivity contribution in [2.45, 2.75) is 49.3 Å². The highest BCUT2D eigenvalue weighted by Gasteiger charge is 2.39. The fraction of sp³-hybridized carbons (Fsp3) is 1.00. The molecular formula is C11H21NOS. The average molecular weight is 215 g/mol. The predicted octanol–water partition coefficient (Wildman–Crippen LogP) is 1.78. The topological polar surface area (TPSA) is 32.3 Å². The van der Waals surface area contributed by atoms with Crippen LogP contribution in [0.15, 0.2) is 0 Å². The fourth-order valence-electron chi connectivity index (χ4n) is 2.68. The van der Waals surface area contributed by atoms with Gasteiger partial charge in [0, 0.05) is 5.25 Å². The molecule has 2 N–H and O–H groups in total. The summed E-state index contributed by atoms with van der Waals surface area (Å²) < 4.78 is 0. The highest BCUT2D eigenvalue weighted by Crippen LogP contribution is 2.37. The third-order valence-corrected chi connectivity index (χ3v) is 5.22. The van der Waals surface area contributed by atoms with Gasteiger partial charge in [0.25, 0.3) is 0 Å². The van der Waals surface area contributed by atoms with E-state index in [-0.39, 0.29) is 5.54 Å². The zero-order chi connectivity index (χ0) is 9.86. The van der Waals surface area contributed by atoms with Crippen LogP contribution in [0.25, 0.3) is 0 Å². The Morgan fingerprint density at radius 1 is 1.29 bits per heavy atom. The largest absolute Gasteiger partial charge is 0.394 e. The van der Waals surface area contributed by atoms with Gasteiger partial charge in [0.05, 0.1) is 12.1 Å². The van der Waals surface area contributed by atoms with E-state index in [9.17, 15) is 5.11 Å². The summed E-state index contributed by atoms with van der Waals surface area (Å²) in [6, 6.07) is 0. The molecule has 3 heteroatoms. The van der Waals surface area contributed by atoms with Crippen molar-refractivity contribution in [3.63, 3.8) is 0 Å². The third kappa shape index (κ3) is 2.10. The van der Waals surface area contributed by atoms with Crippen molar-refractivity contribution in [1.82, 2.24) is 5.32 Å². The normalized spacial score (nSPS) is 39.6. The van der Waals surface area contributed by atoms with Crippen LogP contribution >= 0.6 is 11.8 Å². The molecule has 2 fully saturated rings. The smallest absolute Gasteiger partial charge is 0.0624 e. The molecule has 0 saturated carbocycles. The van der Waals surface area contributed by atoms with Crippen LogP contribution in [0.5, 0.6) is 0 Å². The van der Waals surface area contributed by atoms with E-state index in [2.05, 4.69) is 17.1 Å². The molecule has 2 unspecified atom stereocenters. The third-order valence-electron chi connectivity index (χ3n) is 3.60. The number of rotatable bonds is 2. The summed E-state index contributed by atoms with van der Waals surface area (Å²) in [6.45, 7) is 1.42. The van der Waals surface area contributed by atoms with Gasteiger partial charge >= 0.3 is 0 Å². The second kappa shape index (κ2) is 4.86. The van der Waals surface area contributed by atoms with Gasteiger partial charge in [-0.25, -0.2) is 0 Å². The maximum atomic E-state index is 9.62. The number of hydrogen-bond acceptors (Lipinski definition) is 3. The van der Waals surface area contributed by atoms with Crippen molar-refractivity contribution in [3.8, 4) is 0 Å². The lowest BCUT2D eigenvalue weighted by Gasteiger charge is -2.44. The number of aliphatic hydroxyl groups is 1. The molecule has 0 aromatic carbocycles. The molecule has 82 valence electrons. The van der Waals surface area contributed by atoms with E-state index >= 15 is 0 Å². The van der Waals surface area contributed by atoms with E-state index in [4.69, 9.17) is 0 Å². The lowest BCUT2D eigenvalue weighted by atomic mass is 9.84. The molecule has 14 heavy (non-hydrogen) atoms. The van der Waals surface area contributed by atoms with Gasteiger partial charge in [-0.05, 0) is 38.0 Å². The van der Waals surface area contributed by atoms with Crippen LogP contribution in [0.4, 0.5) is 0 Å². The summed E-state index contributed by atoms with van der Waals surface area (Å²) in [6.07, 6.45) is 7.73. The molecule has 0 spiro atoms. The molecule has 0 bridgehead atoms. The minimum atomic E-state index is 0.0589. The SMILES string of the molecule is OCC1(C2CCCCS2)CCCCN1. The Kier molecular flexibility index (Phi) is 3.74. The highest BCUT2D eigenvalue weighted by molar-refractivity contribution is 8.00. The van der Waals surface area contributed by atoms with Crippen LogP contribution < -0.4 is 5.32 Å². The van der Waals surface area contributed by atoms with E-state index in [1.54, 1.807) is 0 Å². The Hall–Kier alpha value is 0.270. The van der Waals surface area contributed by atoms with E-state index in [0.717, 1.165) is 6.54 Å². The lowest BCUT2D eigenvalue weighted by molar-refractivity contribution is 0.125. The maximum Gasteiger partial charge on any atom is 0.0624 e. The van der Waals surface area contributed by atoms with Crippen molar-refractivity contribution >= 4 is 11.8 Å². The van der Waals surface area contributed by atoms with Gasteiger partial charge in [-0.2, -0.15) is 11.8 Å². The molecule has 2 nitrogen and oxygen atoms in total. The molecular weight excluding hydrogens is 194 g/mol.